The Morgan fingerprint density at radius 2 is 2.16 bits per heavy atom. The van der Waals surface area contributed by atoms with Gasteiger partial charge in [0.2, 0.25) is 0 Å². The molecule has 0 radical (unpaired) electrons. The first-order valence-electron chi connectivity index (χ1n) is 6.89. The van der Waals surface area contributed by atoms with E-state index in [0.29, 0.717) is 11.7 Å². The molecule has 4 heteroatoms. The fraction of sp³-hybridized carbons (Fsp3) is 0.533. The van der Waals surface area contributed by atoms with Crippen LogP contribution in [-0.4, -0.2) is 23.4 Å². The topological polar surface area (TPSA) is 46.3 Å². The first-order chi connectivity index (χ1) is 8.72. The second-order valence-corrected chi connectivity index (χ2v) is 5.04. The summed E-state index contributed by atoms with van der Waals surface area (Å²) in [6, 6.07) is 7.69. The molecular formula is C15H23ClN2O. The summed E-state index contributed by atoms with van der Waals surface area (Å²) in [5.74, 6) is 0.135. The van der Waals surface area contributed by atoms with Crippen LogP contribution in [0.2, 0.25) is 0 Å². The summed E-state index contributed by atoms with van der Waals surface area (Å²) in [6.45, 7) is 3.04. The summed E-state index contributed by atoms with van der Waals surface area (Å²) in [4.78, 5) is 14.6. The van der Waals surface area contributed by atoms with Crippen molar-refractivity contribution < 1.29 is 4.79 Å². The minimum absolute atomic E-state index is 0. The van der Waals surface area contributed by atoms with E-state index in [-0.39, 0.29) is 18.3 Å². The number of carbonyl (C=O) groups excluding carboxylic acids is 1. The molecule has 1 aliphatic heterocycles. The van der Waals surface area contributed by atoms with E-state index in [9.17, 15) is 4.79 Å². The third-order valence-corrected chi connectivity index (χ3v) is 3.74. The van der Waals surface area contributed by atoms with E-state index in [1.54, 1.807) is 6.07 Å². The number of rotatable bonds is 2. The van der Waals surface area contributed by atoms with Crippen LogP contribution in [0.1, 0.15) is 49.4 Å². The van der Waals surface area contributed by atoms with Crippen molar-refractivity contribution in [1.82, 2.24) is 4.90 Å². The molecule has 1 aromatic carbocycles. The minimum Gasteiger partial charge on any atom is -0.399 e. The van der Waals surface area contributed by atoms with Gasteiger partial charge in [0.15, 0.2) is 0 Å². The summed E-state index contributed by atoms with van der Waals surface area (Å²) in [5, 5.41) is 0. The Labute approximate surface area is 121 Å². The average Bonchev–Trinajstić information content (AvgIpc) is 2.62. The van der Waals surface area contributed by atoms with Crippen molar-refractivity contribution in [3.8, 4) is 0 Å². The predicted octanol–water partition coefficient (Wildman–Crippen LogP) is 3.49. The lowest BCUT2D eigenvalue weighted by Crippen LogP contribution is -2.39. The molecular weight excluding hydrogens is 260 g/mol. The number of carbonyl (C=O) groups is 1. The number of halogens is 1. The third kappa shape index (κ3) is 3.87. The van der Waals surface area contributed by atoms with Gasteiger partial charge in [0.1, 0.15) is 0 Å². The standard InChI is InChI=1S/C15H22N2O.ClH/c1-2-14-9-4-3-5-10-17(14)15(18)12-7-6-8-13(16)11-12;/h6-8,11,14H,2-5,9-10,16H2,1H3;1H. The first kappa shape index (κ1) is 15.8. The highest BCUT2D eigenvalue weighted by molar-refractivity contribution is 5.95. The molecule has 1 unspecified atom stereocenters. The van der Waals surface area contributed by atoms with Gasteiger partial charge >= 0.3 is 0 Å². The molecule has 2 N–H and O–H groups in total. The molecule has 1 atom stereocenters. The maximum absolute atomic E-state index is 12.5. The minimum atomic E-state index is 0. The van der Waals surface area contributed by atoms with Crippen molar-refractivity contribution in [1.29, 1.82) is 0 Å². The van der Waals surface area contributed by atoms with Crippen LogP contribution >= 0.6 is 12.4 Å². The van der Waals surface area contributed by atoms with Crippen molar-refractivity contribution in [2.75, 3.05) is 12.3 Å². The van der Waals surface area contributed by atoms with Crippen LogP contribution in [0.3, 0.4) is 0 Å². The normalized spacial score (nSPS) is 19.4. The number of benzene rings is 1. The summed E-state index contributed by atoms with van der Waals surface area (Å²) in [7, 11) is 0. The Bertz CT molecular complexity index is 422. The zero-order valence-electron chi connectivity index (χ0n) is 11.5. The van der Waals surface area contributed by atoms with Crippen LogP contribution in [0.5, 0.6) is 0 Å². The molecule has 1 saturated heterocycles. The van der Waals surface area contributed by atoms with Crippen LogP contribution in [-0.2, 0) is 0 Å². The van der Waals surface area contributed by atoms with Gasteiger partial charge in [0, 0.05) is 23.8 Å². The quantitative estimate of drug-likeness (QED) is 0.844. The molecule has 1 amide bonds. The fourth-order valence-corrected chi connectivity index (χ4v) is 2.71. The SMILES string of the molecule is CCC1CCCCCN1C(=O)c1cccc(N)c1.Cl. The second-order valence-electron chi connectivity index (χ2n) is 5.04. The molecule has 0 aromatic heterocycles. The summed E-state index contributed by atoms with van der Waals surface area (Å²) in [6.07, 6.45) is 5.75. The van der Waals surface area contributed by atoms with Gasteiger partial charge in [-0.15, -0.1) is 12.4 Å². The first-order valence-corrected chi connectivity index (χ1v) is 6.89. The van der Waals surface area contributed by atoms with Gasteiger partial charge in [-0.2, -0.15) is 0 Å². The van der Waals surface area contributed by atoms with Crippen molar-refractivity contribution in [2.45, 2.75) is 45.1 Å². The average molecular weight is 283 g/mol. The summed E-state index contributed by atoms with van der Waals surface area (Å²) >= 11 is 0. The largest absolute Gasteiger partial charge is 0.399 e. The van der Waals surface area contributed by atoms with Crippen LogP contribution in [0.15, 0.2) is 24.3 Å². The monoisotopic (exact) mass is 282 g/mol. The number of hydrogen-bond donors (Lipinski definition) is 1. The summed E-state index contributed by atoms with van der Waals surface area (Å²) < 4.78 is 0. The molecule has 106 valence electrons. The fourth-order valence-electron chi connectivity index (χ4n) is 2.71. The Hall–Kier alpha value is -1.22. The highest BCUT2D eigenvalue weighted by Crippen LogP contribution is 2.21. The van der Waals surface area contributed by atoms with Gasteiger partial charge in [-0.3, -0.25) is 4.79 Å². The Kier molecular flexibility index (Phi) is 6.16. The molecule has 1 heterocycles. The maximum Gasteiger partial charge on any atom is 0.254 e. The highest BCUT2D eigenvalue weighted by Gasteiger charge is 2.24. The number of amides is 1. The van der Waals surface area contributed by atoms with Gasteiger partial charge in [0.25, 0.3) is 5.91 Å². The lowest BCUT2D eigenvalue weighted by atomic mass is 10.1. The van der Waals surface area contributed by atoms with Gasteiger partial charge < -0.3 is 10.6 Å². The Morgan fingerprint density at radius 1 is 1.37 bits per heavy atom. The van der Waals surface area contributed by atoms with Crippen LogP contribution < -0.4 is 5.73 Å². The number of hydrogen-bond acceptors (Lipinski definition) is 2. The van der Waals surface area contributed by atoms with E-state index in [1.807, 2.05) is 23.1 Å². The van der Waals surface area contributed by atoms with E-state index < -0.39 is 0 Å². The van der Waals surface area contributed by atoms with Crippen molar-refractivity contribution in [2.24, 2.45) is 0 Å². The molecule has 1 aliphatic rings. The lowest BCUT2D eigenvalue weighted by molar-refractivity contribution is 0.0678. The van der Waals surface area contributed by atoms with Gasteiger partial charge in [-0.05, 0) is 37.5 Å². The van der Waals surface area contributed by atoms with Crippen LogP contribution in [0.25, 0.3) is 0 Å². The number of nitrogens with two attached hydrogens (primary N) is 1. The predicted molar refractivity (Wildman–Crippen MR) is 81.7 cm³/mol. The Balaban J connectivity index is 0.00000180. The second kappa shape index (κ2) is 7.39. The molecule has 0 spiro atoms. The smallest absolute Gasteiger partial charge is 0.254 e. The van der Waals surface area contributed by atoms with E-state index in [4.69, 9.17) is 5.73 Å². The zero-order valence-corrected chi connectivity index (χ0v) is 12.3. The van der Waals surface area contributed by atoms with Crippen molar-refractivity contribution in [3.63, 3.8) is 0 Å². The molecule has 1 fully saturated rings. The molecule has 1 aromatic rings. The molecule has 0 saturated carbocycles. The van der Waals surface area contributed by atoms with Gasteiger partial charge in [-0.1, -0.05) is 25.8 Å². The number of nitrogen functional groups attached to an aromatic ring is 1. The highest BCUT2D eigenvalue weighted by atomic mass is 35.5. The lowest BCUT2D eigenvalue weighted by Gasteiger charge is -2.29. The van der Waals surface area contributed by atoms with Crippen molar-refractivity contribution in [3.05, 3.63) is 29.8 Å². The molecule has 0 aliphatic carbocycles. The Morgan fingerprint density at radius 3 is 2.84 bits per heavy atom. The summed E-state index contributed by atoms with van der Waals surface area (Å²) in [5.41, 5.74) is 7.13. The zero-order chi connectivity index (χ0) is 13.0. The van der Waals surface area contributed by atoms with Crippen LogP contribution in [0, 0.1) is 0 Å². The van der Waals surface area contributed by atoms with E-state index in [0.717, 1.165) is 31.4 Å². The van der Waals surface area contributed by atoms with E-state index in [1.165, 1.54) is 12.8 Å². The number of nitrogens with zero attached hydrogens (tertiary/aromatic N) is 1. The molecule has 19 heavy (non-hydrogen) atoms. The van der Waals surface area contributed by atoms with Gasteiger partial charge in [0.05, 0.1) is 0 Å². The molecule has 0 bridgehead atoms. The van der Waals surface area contributed by atoms with Crippen LogP contribution in [0.4, 0.5) is 5.69 Å². The maximum atomic E-state index is 12.5. The molecule has 3 nitrogen and oxygen atoms in total. The van der Waals surface area contributed by atoms with Crippen molar-refractivity contribution >= 4 is 24.0 Å². The third-order valence-electron chi connectivity index (χ3n) is 3.74. The van der Waals surface area contributed by atoms with E-state index >= 15 is 0 Å². The number of likely N-dealkylation sites (tertiary alicyclic amines) is 1. The van der Waals surface area contributed by atoms with Gasteiger partial charge in [-0.25, -0.2) is 0 Å². The van der Waals surface area contributed by atoms with E-state index in [2.05, 4.69) is 6.92 Å². The molecule has 2 rings (SSSR count). The number of anilines is 1.